The van der Waals surface area contributed by atoms with Crippen LogP contribution in [0.1, 0.15) is 19.7 Å². The van der Waals surface area contributed by atoms with Gasteiger partial charge in [0, 0.05) is 42.6 Å². The van der Waals surface area contributed by atoms with E-state index in [1.807, 2.05) is 32.0 Å². The second kappa shape index (κ2) is 8.58. The van der Waals surface area contributed by atoms with Gasteiger partial charge in [0.1, 0.15) is 10.2 Å². The number of aromatic nitrogens is 4. The Morgan fingerprint density at radius 1 is 0.969 bits per heavy atom. The summed E-state index contributed by atoms with van der Waals surface area (Å²) in [6.45, 7) is 3.91. The molecule has 3 aromatic heterocycles. The van der Waals surface area contributed by atoms with Gasteiger partial charge >= 0.3 is 0 Å². The van der Waals surface area contributed by atoms with Crippen molar-refractivity contribution in [3.63, 3.8) is 0 Å². The fraction of sp³-hybridized carbons (Fsp3) is 0.182. The van der Waals surface area contributed by atoms with Crippen molar-refractivity contribution in [3.05, 3.63) is 80.3 Å². The number of para-hydroxylation sites is 1. The maximum Gasteiger partial charge on any atom is 0.252 e. The molecule has 0 amide bonds. The molecule has 0 radical (unpaired) electrons. The standard InChI is InChI=1S/C22H19Cl3N6O/c1-22(2,21-26-8-5-9-27-21)30-14-11-17(32)31(3)19-12(14)6-4-7-13(19)28-15-10-16(23)29-20(25)18(15)24/h4-11,30H,1-3H3,(H,28,29). The van der Waals surface area contributed by atoms with Crippen molar-refractivity contribution in [3.8, 4) is 0 Å². The SMILES string of the molecule is Cn1c(=O)cc(NC(C)(C)c2ncccn2)c2cccc(Nc3cc(Cl)nc(Cl)c3Cl)c21. The van der Waals surface area contributed by atoms with Crippen molar-refractivity contribution in [2.45, 2.75) is 19.4 Å². The van der Waals surface area contributed by atoms with Gasteiger partial charge in [0.05, 0.1) is 22.4 Å². The smallest absolute Gasteiger partial charge is 0.252 e. The molecular weight excluding hydrogens is 471 g/mol. The predicted octanol–water partition coefficient (Wildman–Crippen LogP) is 5.77. The van der Waals surface area contributed by atoms with E-state index in [2.05, 4.69) is 25.6 Å². The lowest BCUT2D eigenvalue weighted by molar-refractivity contribution is 0.563. The van der Waals surface area contributed by atoms with E-state index in [0.29, 0.717) is 28.4 Å². The first-order valence-corrected chi connectivity index (χ1v) is 10.8. The number of anilines is 3. The minimum atomic E-state index is -0.626. The van der Waals surface area contributed by atoms with Crippen molar-refractivity contribution in [2.75, 3.05) is 10.6 Å². The molecule has 2 N–H and O–H groups in total. The van der Waals surface area contributed by atoms with Gasteiger partial charge < -0.3 is 15.2 Å². The van der Waals surface area contributed by atoms with E-state index < -0.39 is 5.54 Å². The topological polar surface area (TPSA) is 84.7 Å². The fourth-order valence-electron chi connectivity index (χ4n) is 3.45. The molecule has 10 heteroatoms. The van der Waals surface area contributed by atoms with E-state index in [-0.39, 0.29) is 20.9 Å². The Hall–Kier alpha value is -2.87. The second-order valence-corrected chi connectivity index (χ2v) is 8.82. The van der Waals surface area contributed by atoms with Crippen LogP contribution in [-0.2, 0) is 12.6 Å². The third-order valence-corrected chi connectivity index (χ3v) is 5.93. The van der Waals surface area contributed by atoms with Crippen molar-refractivity contribution in [1.82, 2.24) is 19.5 Å². The summed E-state index contributed by atoms with van der Waals surface area (Å²) >= 11 is 18.4. The zero-order chi connectivity index (χ0) is 23.0. The highest BCUT2D eigenvalue weighted by molar-refractivity contribution is 6.43. The van der Waals surface area contributed by atoms with Gasteiger partial charge in [-0.05, 0) is 26.0 Å². The number of rotatable bonds is 5. The summed E-state index contributed by atoms with van der Waals surface area (Å²) in [5.41, 5.74) is 1.65. The van der Waals surface area contributed by atoms with Gasteiger partial charge in [0.2, 0.25) is 0 Å². The number of nitrogens with one attached hydrogen (secondary N) is 2. The quantitative estimate of drug-likeness (QED) is 0.346. The highest BCUT2D eigenvalue weighted by atomic mass is 35.5. The van der Waals surface area contributed by atoms with Gasteiger partial charge in [0.25, 0.3) is 5.56 Å². The minimum absolute atomic E-state index is 0.0859. The number of benzene rings is 1. The van der Waals surface area contributed by atoms with Crippen LogP contribution in [0.5, 0.6) is 0 Å². The van der Waals surface area contributed by atoms with Crippen molar-refractivity contribution < 1.29 is 0 Å². The lowest BCUT2D eigenvalue weighted by atomic mass is 10.0. The number of pyridine rings is 2. The van der Waals surface area contributed by atoms with E-state index in [1.165, 1.54) is 0 Å². The molecule has 4 aromatic rings. The average molecular weight is 490 g/mol. The first kappa shape index (κ1) is 22.3. The minimum Gasteiger partial charge on any atom is -0.372 e. The molecule has 4 rings (SSSR count). The predicted molar refractivity (Wildman–Crippen MR) is 130 cm³/mol. The maximum absolute atomic E-state index is 12.8. The molecule has 0 aliphatic heterocycles. The summed E-state index contributed by atoms with van der Waals surface area (Å²) in [6.07, 6.45) is 3.37. The number of aryl methyl sites for hydroxylation is 1. The molecule has 7 nitrogen and oxygen atoms in total. The molecule has 0 atom stereocenters. The van der Waals surface area contributed by atoms with E-state index in [0.717, 1.165) is 5.39 Å². The lowest BCUT2D eigenvalue weighted by Gasteiger charge is -2.27. The van der Waals surface area contributed by atoms with Gasteiger partial charge in [-0.25, -0.2) is 15.0 Å². The van der Waals surface area contributed by atoms with Crippen LogP contribution in [0.15, 0.2) is 53.6 Å². The van der Waals surface area contributed by atoms with Crippen LogP contribution in [0.3, 0.4) is 0 Å². The zero-order valence-corrected chi connectivity index (χ0v) is 19.7. The summed E-state index contributed by atoms with van der Waals surface area (Å²) < 4.78 is 1.56. The van der Waals surface area contributed by atoms with E-state index >= 15 is 0 Å². The molecule has 0 unspecified atom stereocenters. The number of hydrogen-bond donors (Lipinski definition) is 2. The van der Waals surface area contributed by atoms with Crippen LogP contribution in [0.25, 0.3) is 10.9 Å². The molecule has 0 saturated carbocycles. The Balaban J connectivity index is 1.85. The van der Waals surface area contributed by atoms with E-state index in [4.69, 9.17) is 34.8 Å². The number of halogens is 3. The Labute approximate surface area is 199 Å². The third-order valence-electron chi connectivity index (χ3n) is 4.99. The molecule has 0 saturated heterocycles. The van der Waals surface area contributed by atoms with Crippen LogP contribution in [0.2, 0.25) is 15.3 Å². The molecule has 0 bridgehead atoms. The van der Waals surface area contributed by atoms with Crippen LogP contribution in [0, 0.1) is 0 Å². The summed E-state index contributed by atoms with van der Waals surface area (Å²) in [5.74, 6) is 0.607. The van der Waals surface area contributed by atoms with Crippen molar-refractivity contribution >= 4 is 62.8 Å². The van der Waals surface area contributed by atoms with E-state index in [9.17, 15) is 4.79 Å². The molecule has 0 aliphatic rings. The van der Waals surface area contributed by atoms with Gasteiger partial charge in [0.15, 0.2) is 11.0 Å². The van der Waals surface area contributed by atoms with Crippen molar-refractivity contribution in [2.24, 2.45) is 7.05 Å². The summed E-state index contributed by atoms with van der Waals surface area (Å²) in [7, 11) is 1.71. The third kappa shape index (κ3) is 4.24. The molecule has 1 aromatic carbocycles. The zero-order valence-electron chi connectivity index (χ0n) is 17.4. The molecule has 3 heterocycles. The largest absolute Gasteiger partial charge is 0.372 e. The maximum atomic E-state index is 12.8. The van der Waals surface area contributed by atoms with Gasteiger partial charge in [-0.1, -0.05) is 46.9 Å². The molecule has 0 fully saturated rings. The molecular formula is C22H19Cl3N6O. The molecule has 164 valence electrons. The van der Waals surface area contributed by atoms with Crippen LogP contribution >= 0.6 is 34.8 Å². The monoisotopic (exact) mass is 488 g/mol. The summed E-state index contributed by atoms with van der Waals surface area (Å²) in [4.78, 5) is 25.5. The Morgan fingerprint density at radius 2 is 1.69 bits per heavy atom. The highest BCUT2D eigenvalue weighted by Crippen LogP contribution is 2.36. The molecule has 0 spiro atoms. The lowest BCUT2D eigenvalue weighted by Crippen LogP contribution is -2.31. The Morgan fingerprint density at radius 3 is 2.41 bits per heavy atom. The summed E-state index contributed by atoms with van der Waals surface area (Å²) in [5, 5.41) is 7.99. The second-order valence-electron chi connectivity index (χ2n) is 7.70. The normalized spacial score (nSPS) is 11.6. The Kier molecular flexibility index (Phi) is 5.99. The molecule has 32 heavy (non-hydrogen) atoms. The number of hydrogen-bond acceptors (Lipinski definition) is 6. The number of fused-ring (bicyclic) bond motifs is 1. The van der Waals surface area contributed by atoms with Crippen LogP contribution in [-0.4, -0.2) is 19.5 Å². The molecule has 0 aliphatic carbocycles. The van der Waals surface area contributed by atoms with E-state index in [1.54, 1.807) is 42.2 Å². The first-order valence-electron chi connectivity index (χ1n) is 9.64. The number of nitrogens with zero attached hydrogens (tertiary/aromatic N) is 4. The fourth-order valence-corrected chi connectivity index (χ4v) is 4.03. The van der Waals surface area contributed by atoms with Gasteiger partial charge in [-0.15, -0.1) is 0 Å². The first-order chi connectivity index (χ1) is 15.2. The van der Waals surface area contributed by atoms with Crippen LogP contribution in [0.4, 0.5) is 17.1 Å². The highest BCUT2D eigenvalue weighted by Gasteiger charge is 2.25. The summed E-state index contributed by atoms with van der Waals surface area (Å²) in [6, 6.07) is 10.5. The van der Waals surface area contributed by atoms with Crippen LogP contribution < -0.4 is 16.2 Å². The average Bonchev–Trinajstić information content (AvgIpc) is 2.75. The van der Waals surface area contributed by atoms with Gasteiger partial charge in [-0.2, -0.15) is 0 Å². The van der Waals surface area contributed by atoms with Gasteiger partial charge in [-0.3, -0.25) is 4.79 Å². The Bertz CT molecular complexity index is 1370. The van der Waals surface area contributed by atoms with Crippen molar-refractivity contribution in [1.29, 1.82) is 0 Å².